The second-order valence-corrected chi connectivity index (χ2v) is 3.61. The number of hydrogen-bond donors (Lipinski definition) is 1. The fraction of sp³-hybridized carbons (Fsp3) is 0. The maximum absolute atomic E-state index is 13.3. The second kappa shape index (κ2) is 4.84. The minimum atomic E-state index is -1.23. The van der Waals surface area contributed by atoms with Crippen molar-refractivity contribution in [1.82, 2.24) is 0 Å². The minimum Gasteiger partial charge on any atom is -0.478 e. The third kappa shape index (κ3) is 2.86. The van der Waals surface area contributed by atoms with Gasteiger partial charge in [-0.3, -0.25) is 10.1 Å². The number of benzene rings is 1. The first-order valence-corrected chi connectivity index (χ1v) is 4.75. The van der Waals surface area contributed by atoms with Crippen LogP contribution in [0.2, 0.25) is 0 Å². The molecule has 0 bridgehead atoms. The molecule has 1 rings (SSSR count). The molecule has 0 saturated heterocycles. The lowest BCUT2D eigenvalue weighted by Gasteiger charge is -1.99. The molecular formula is C9H5BrFNO4. The Kier molecular flexibility index (Phi) is 3.73. The van der Waals surface area contributed by atoms with Gasteiger partial charge in [0, 0.05) is 11.6 Å². The minimum absolute atomic E-state index is 0.0418. The summed E-state index contributed by atoms with van der Waals surface area (Å²) in [4.78, 5) is 19.9. The molecule has 0 spiro atoms. The molecule has 0 radical (unpaired) electrons. The molecule has 0 aromatic heterocycles. The molecule has 0 heterocycles. The average Bonchev–Trinajstić information content (AvgIpc) is 2.18. The molecule has 0 aliphatic rings. The number of nitrogens with zero attached hydrogens (tertiary/aromatic N) is 1. The number of halogens is 2. The number of rotatable bonds is 3. The van der Waals surface area contributed by atoms with Gasteiger partial charge in [0.2, 0.25) is 0 Å². The van der Waals surface area contributed by atoms with E-state index in [1.165, 1.54) is 0 Å². The quantitative estimate of drug-likeness (QED) is 0.527. The average molecular weight is 290 g/mol. The number of carboxylic acids is 1. The van der Waals surface area contributed by atoms with E-state index in [-0.39, 0.29) is 10.0 Å². The van der Waals surface area contributed by atoms with E-state index < -0.39 is 22.4 Å². The molecule has 16 heavy (non-hydrogen) atoms. The lowest BCUT2D eigenvalue weighted by atomic mass is 10.2. The van der Waals surface area contributed by atoms with Gasteiger partial charge >= 0.3 is 5.97 Å². The summed E-state index contributed by atoms with van der Waals surface area (Å²) in [6.45, 7) is 0. The van der Waals surface area contributed by atoms with Crippen molar-refractivity contribution in [2.75, 3.05) is 0 Å². The SMILES string of the molecule is O=C(O)/C=C/c1cc(Br)c([N+](=O)[O-])cc1F. The van der Waals surface area contributed by atoms with E-state index in [9.17, 15) is 19.3 Å². The molecule has 0 amide bonds. The lowest BCUT2D eigenvalue weighted by molar-refractivity contribution is -0.385. The van der Waals surface area contributed by atoms with E-state index >= 15 is 0 Å². The Hall–Kier alpha value is -1.76. The fourth-order valence-electron chi connectivity index (χ4n) is 0.980. The van der Waals surface area contributed by atoms with Crippen LogP contribution in [0.25, 0.3) is 6.08 Å². The summed E-state index contributed by atoms with van der Waals surface area (Å²) < 4.78 is 13.4. The van der Waals surface area contributed by atoms with Crippen LogP contribution in [-0.2, 0) is 4.79 Å². The maximum atomic E-state index is 13.3. The molecule has 0 aliphatic heterocycles. The Balaban J connectivity index is 3.20. The van der Waals surface area contributed by atoms with Crippen LogP contribution in [0.1, 0.15) is 5.56 Å². The van der Waals surface area contributed by atoms with Gasteiger partial charge in [-0.05, 0) is 28.1 Å². The highest BCUT2D eigenvalue weighted by Crippen LogP contribution is 2.28. The number of carboxylic acid groups (broad SMARTS) is 1. The Morgan fingerprint density at radius 2 is 2.19 bits per heavy atom. The van der Waals surface area contributed by atoms with Gasteiger partial charge in [-0.15, -0.1) is 0 Å². The molecule has 0 atom stereocenters. The Morgan fingerprint density at radius 1 is 1.56 bits per heavy atom. The molecule has 0 fully saturated rings. The Labute approximate surface area is 97.5 Å². The number of nitro groups is 1. The summed E-state index contributed by atoms with van der Waals surface area (Å²) in [5.41, 5.74) is -0.454. The molecule has 0 unspecified atom stereocenters. The van der Waals surface area contributed by atoms with Gasteiger partial charge in [0.1, 0.15) is 5.82 Å². The Bertz CT molecular complexity index is 487. The monoisotopic (exact) mass is 289 g/mol. The zero-order valence-electron chi connectivity index (χ0n) is 7.68. The number of nitro benzene ring substituents is 1. The predicted molar refractivity (Wildman–Crippen MR) is 57.4 cm³/mol. The summed E-state index contributed by atoms with van der Waals surface area (Å²) in [5, 5.41) is 18.8. The largest absolute Gasteiger partial charge is 0.478 e. The van der Waals surface area contributed by atoms with Crippen LogP contribution in [-0.4, -0.2) is 16.0 Å². The molecule has 1 aromatic carbocycles. The summed E-state index contributed by atoms with van der Waals surface area (Å²) >= 11 is 2.90. The van der Waals surface area contributed by atoms with Crippen LogP contribution in [0, 0.1) is 15.9 Å². The van der Waals surface area contributed by atoms with Crippen LogP contribution >= 0.6 is 15.9 Å². The maximum Gasteiger partial charge on any atom is 0.328 e. The van der Waals surface area contributed by atoms with Crippen molar-refractivity contribution in [1.29, 1.82) is 0 Å². The zero-order chi connectivity index (χ0) is 12.3. The van der Waals surface area contributed by atoms with Gasteiger partial charge in [0.25, 0.3) is 5.69 Å². The summed E-state index contributed by atoms with van der Waals surface area (Å²) in [6.07, 6.45) is 1.77. The standard InChI is InChI=1S/C9H5BrFNO4/c10-6-3-5(1-2-9(13)14)7(11)4-8(6)12(15)16/h1-4H,(H,13,14)/b2-1+. The van der Waals surface area contributed by atoms with E-state index in [4.69, 9.17) is 5.11 Å². The van der Waals surface area contributed by atoms with Gasteiger partial charge in [-0.25, -0.2) is 9.18 Å². The van der Waals surface area contributed by atoms with E-state index in [1.807, 2.05) is 0 Å². The van der Waals surface area contributed by atoms with Crippen LogP contribution in [0.3, 0.4) is 0 Å². The van der Waals surface area contributed by atoms with Gasteiger partial charge in [-0.1, -0.05) is 0 Å². The molecule has 5 nitrogen and oxygen atoms in total. The zero-order valence-corrected chi connectivity index (χ0v) is 9.27. The molecular weight excluding hydrogens is 285 g/mol. The molecule has 0 aliphatic carbocycles. The fourth-order valence-corrected chi connectivity index (χ4v) is 1.49. The predicted octanol–water partition coefficient (Wildman–Crippen LogP) is 2.59. The van der Waals surface area contributed by atoms with Crippen molar-refractivity contribution in [2.24, 2.45) is 0 Å². The molecule has 1 N–H and O–H groups in total. The molecule has 84 valence electrons. The molecule has 1 aromatic rings. The van der Waals surface area contributed by atoms with E-state index in [0.29, 0.717) is 0 Å². The van der Waals surface area contributed by atoms with Gasteiger partial charge in [-0.2, -0.15) is 0 Å². The first-order valence-electron chi connectivity index (χ1n) is 3.96. The summed E-state index contributed by atoms with van der Waals surface area (Å²) in [7, 11) is 0. The summed E-state index contributed by atoms with van der Waals surface area (Å²) in [6, 6.07) is 1.87. The first kappa shape index (κ1) is 12.3. The highest BCUT2D eigenvalue weighted by Gasteiger charge is 2.15. The number of carbonyl (C=O) groups is 1. The van der Waals surface area contributed by atoms with E-state index in [2.05, 4.69) is 15.9 Å². The van der Waals surface area contributed by atoms with Crippen molar-refractivity contribution in [3.63, 3.8) is 0 Å². The molecule has 0 saturated carbocycles. The van der Waals surface area contributed by atoms with Crippen molar-refractivity contribution in [3.05, 3.63) is 44.2 Å². The van der Waals surface area contributed by atoms with Gasteiger partial charge in [0.05, 0.1) is 15.5 Å². The number of aliphatic carboxylic acids is 1. The third-order valence-electron chi connectivity index (χ3n) is 1.67. The van der Waals surface area contributed by atoms with E-state index in [1.54, 1.807) is 0 Å². The van der Waals surface area contributed by atoms with E-state index in [0.717, 1.165) is 24.3 Å². The highest BCUT2D eigenvalue weighted by molar-refractivity contribution is 9.10. The van der Waals surface area contributed by atoms with Crippen molar-refractivity contribution < 1.29 is 19.2 Å². The van der Waals surface area contributed by atoms with Crippen molar-refractivity contribution in [3.8, 4) is 0 Å². The third-order valence-corrected chi connectivity index (χ3v) is 2.30. The van der Waals surface area contributed by atoms with Crippen molar-refractivity contribution in [2.45, 2.75) is 0 Å². The summed E-state index contributed by atoms with van der Waals surface area (Å²) in [5.74, 6) is -2.08. The number of hydrogen-bond acceptors (Lipinski definition) is 3. The lowest BCUT2D eigenvalue weighted by Crippen LogP contribution is -1.93. The first-order chi connectivity index (χ1) is 7.41. The molecule has 7 heteroatoms. The van der Waals surface area contributed by atoms with Crippen LogP contribution in [0.4, 0.5) is 10.1 Å². The van der Waals surface area contributed by atoms with Gasteiger partial charge < -0.3 is 5.11 Å². The smallest absolute Gasteiger partial charge is 0.328 e. The Morgan fingerprint density at radius 3 is 2.69 bits per heavy atom. The van der Waals surface area contributed by atoms with Crippen molar-refractivity contribution >= 4 is 33.7 Å². The highest BCUT2D eigenvalue weighted by atomic mass is 79.9. The normalized spacial score (nSPS) is 10.6. The van der Waals surface area contributed by atoms with Crippen LogP contribution < -0.4 is 0 Å². The van der Waals surface area contributed by atoms with Gasteiger partial charge in [0.15, 0.2) is 0 Å². The van der Waals surface area contributed by atoms with Crippen LogP contribution in [0.15, 0.2) is 22.7 Å². The topological polar surface area (TPSA) is 80.4 Å². The van der Waals surface area contributed by atoms with Crippen LogP contribution in [0.5, 0.6) is 0 Å². The second-order valence-electron chi connectivity index (χ2n) is 2.75.